The van der Waals surface area contributed by atoms with Crippen LogP contribution in [0.3, 0.4) is 0 Å². The molecule has 218 valence electrons. The molecule has 11 heteroatoms. The fourth-order valence-corrected chi connectivity index (χ4v) is 6.56. The van der Waals surface area contributed by atoms with Gasteiger partial charge in [0.15, 0.2) is 11.5 Å². The van der Waals surface area contributed by atoms with Gasteiger partial charge in [-0.25, -0.2) is 4.68 Å². The van der Waals surface area contributed by atoms with Gasteiger partial charge in [0.1, 0.15) is 12.4 Å². The number of benzene rings is 2. The lowest BCUT2D eigenvalue weighted by Crippen LogP contribution is -2.48. The molecule has 3 heterocycles. The average molecular weight is 599 g/mol. The molecule has 1 unspecified atom stereocenters. The van der Waals surface area contributed by atoms with Gasteiger partial charge in [-0.05, 0) is 35.9 Å². The maximum Gasteiger partial charge on any atom is 0.242 e. The molecule has 2 aliphatic rings. The van der Waals surface area contributed by atoms with Gasteiger partial charge in [0.2, 0.25) is 11.8 Å². The molecule has 2 aliphatic heterocycles. The third-order valence-electron chi connectivity index (χ3n) is 7.22. The summed E-state index contributed by atoms with van der Waals surface area (Å²) in [6, 6.07) is 13.2. The Bertz CT molecular complexity index is 1450. The van der Waals surface area contributed by atoms with Crippen molar-refractivity contribution in [1.29, 1.82) is 0 Å². The van der Waals surface area contributed by atoms with Crippen LogP contribution in [0.5, 0.6) is 11.5 Å². The molecule has 2 amide bonds. The molecule has 0 spiro atoms. The summed E-state index contributed by atoms with van der Waals surface area (Å²) in [6.07, 6.45) is 0. The van der Waals surface area contributed by atoms with Gasteiger partial charge in [-0.2, -0.15) is 5.10 Å². The van der Waals surface area contributed by atoms with Gasteiger partial charge in [0.25, 0.3) is 0 Å². The van der Waals surface area contributed by atoms with Crippen LogP contribution < -0.4 is 14.4 Å². The van der Waals surface area contributed by atoms with Crippen molar-refractivity contribution in [1.82, 2.24) is 14.7 Å². The number of halogens is 1. The second kappa shape index (κ2) is 12.0. The Morgan fingerprint density at radius 2 is 1.83 bits per heavy atom. The summed E-state index contributed by atoms with van der Waals surface area (Å²) in [4.78, 5) is 30.8. The normalized spacial score (nSPS) is 17.7. The zero-order valence-corrected chi connectivity index (χ0v) is 25.6. The van der Waals surface area contributed by atoms with Crippen molar-refractivity contribution >= 4 is 41.0 Å². The van der Waals surface area contributed by atoms with E-state index >= 15 is 0 Å². The molecule has 9 nitrogen and oxygen atoms in total. The highest BCUT2D eigenvalue weighted by molar-refractivity contribution is 8.00. The number of rotatable bonds is 6. The number of hydrogen-bond donors (Lipinski definition) is 0. The van der Waals surface area contributed by atoms with E-state index in [2.05, 4.69) is 20.8 Å². The number of hydrogen-bond acceptors (Lipinski definition) is 7. The smallest absolute Gasteiger partial charge is 0.242 e. The number of carbonyl (C=O) groups is 2. The Balaban J connectivity index is 1.74. The molecule has 5 rings (SSSR count). The zero-order chi connectivity index (χ0) is 29.3. The summed E-state index contributed by atoms with van der Waals surface area (Å²) >= 11 is 7.94. The molecule has 3 aromatic rings. The van der Waals surface area contributed by atoms with E-state index in [9.17, 15) is 9.59 Å². The van der Waals surface area contributed by atoms with Crippen LogP contribution >= 0.6 is 23.4 Å². The molecular weight excluding hydrogens is 564 g/mol. The number of aromatic nitrogens is 2. The van der Waals surface area contributed by atoms with Crippen LogP contribution in [0.4, 0.5) is 5.82 Å². The second-order valence-electron chi connectivity index (χ2n) is 11.0. The monoisotopic (exact) mass is 598 g/mol. The summed E-state index contributed by atoms with van der Waals surface area (Å²) in [5, 5.41) is 5.41. The Hall–Kier alpha value is -3.21. The minimum Gasteiger partial charge on any atom is -0.493 e. The Morgan fingerprint density at radius 1 is 1.10 bits per heavy atom. The molecule has 1 saturated heterocycles. The third kappa shape index (κ3) is 5.91. The number of morpholine rings is 1. The largest absolute Gasteiger partial charge is 0.493 e. The molecule has 1 fully saturated rings. The van der Waals surface area contributed by atoms with Crippen LogP contribution in [0.25, 0.3) is 5.69 Å². The fourth-order valence-electron chi connectivity index (χ4n) is 5.19. The third-order valence-corrected chi connectivity index (χ3v) is 8.71. The summed E-state index contributed by atoms with van der Waals surface area (Å²) in [6.45, 7) is 8.17. The second-order valence-corrected chi connectivity index (χ2v) is 12.5. The van der Waals surface area contributed by atoms with Crippen molar-refractivity contribution in [3.05, 3.63) is 64.3 Å². The maximum atomic E-state index is 13.9. The van der Waals surface area contributed by atoms with E-state index in [1.807, 2.05) is 36.4 Å². The summed E-state index contributed by atoms with van der Waals surface area (Å²) in [5.41, 5.74) is 2.99. The molecule has 0 radical (unpaired) electrons. The van der Waals surface area contributed by atoms with Crippen molar-refractivity contribution in [2.24, 2.45) is 0 Å². The molecule has 0 N–H and O–H groups in total. The number of anilines is 1. The predicted octanol–water partition coefficient (Wildman–Crippen LogP) is 4.87. The summed E-state index contributed by atoms with van der Waals surface area (Å²) in [7, 11) is 3.21. The van der Waals surface area contributed by atoms with Gasteiger partial charge in [0.05, 0.1) is 49.8 Å². The minimum absolute atomic E-state index is 0.0963. The van der Waals surface area contributed by atoms with Gasteiger partial charge in [-0.3, -0.25) is 14.5 Å². The predicted molar refractivity (Wildman–Crippen MR) is 161 cm³/mol. The summed E-state index contributed by atoms with van der Waals surface area (Å²) < 4.78 is 18.3. The van der Waals surface area contributed by atoms with Crippen LogP contribution in [0.1, 0.15) is 42.8 Å². The Morgan fingerprint density at radius 3 is 2.49 bits per heavy atom. The standard InChI is InChI=1S/C30H35ClN4O5S/c1-30(2,3)28-26-27(19-9-10-22(38-4)23(15-19)39-5)41-18-25(37)34(17-24(36)33-11-13-40-14-12-33)29(26)35(32-28)21-8-6-7-20(31)16-21/h6-10,15-16,27H,11-14,17-18H2,1-5H3. The molecule has 1 aromatic heterocycles. The SMILES string of the molecule is COc1ccc(C2SCC(=O)N(CC(=O)N3CCOCC3)c3c2c(C(C)(C)C)nn3-c2cccc(Cl)c2)cc1OC. The first-order valence-corrected chi connectivity index (χ1v) is 14.9. The molecule has 2 aromatic carbocycles. The van der Waals surface area contributed by atoms with Crippen molar-refractivity contribution in [2.75, 3.05) is 57.7 Å². The average Bonchev–Trinajstić information content (AvgIpc) is 3.31. The van der Waals surface area contributed by atoms with Gasteiger partial charge < -0.3 is 19.1 Å². The van der Waals surface area contributed by atoms with E-state index in [-0.39, 0.29) is 34.8 Å². The maximum absolute atomic E-state index is 13.9. The van der Waals surface area contributed by atoms with Gasteiger partial charge >= 0.3 is 0 Å². The molecule has 0 aliphatic carbocycles. The van der Waals surface area contributed by atoms with Crippen LogP contribution in [-0.4, -0.2) is 79.3 Å². The first-order valence-electron chi connectivity index (χ1n) is 13.5. The van der Waals surface area contributed by atoms with Crippen LogP contribution in [0.15, 0.2) is 42.5 Å². The highest BCUT2D eigenvalue weighted by Crippen LogP contribution is 2.49. The van der Waals surface area contributed by atoms with Crippen molar-refractivity contribution in [3.63, 3.8) is 0 Å². The van der Waals surface area contributed by atoms with Crippen molar-refractivity contribution < 1.29 is 23.8 Å². The quantitative estimate of drug-likeness (QED) is 0.400. The molecule has 0 saturated carbocycles. The number of methoxy groups -OCH3 is 2. The van der Waals surface area contributed by atoms with E-state index in [4.69, 9.17) is 30.9 Å². The topological polar surface area (TPSA) is 86.1 Å². The highest BCUT2D eigenvalue weighted by atomic mass is 35.5. The lowest BCUT2D eigenvalue weighted by Gasteiger charge is -2.30. The zero-order valence-electron chi connectivity index (χ0n) is 24.0. The molecule has 0 bridgehead atoms. The first kappa shape index (κ1) is 29.3. The molecular formula is C30H35ClN4O5S. The van der Waals surface area contributed by atoms with Gasteiger partial charge in [0, 0.05) is 29.1 Å². The molecule has 41 heavy (non-hydrogen) atoms. The Kier molecular flexibility index (Phi) is 8.54. The first-order chi connectivity index (χ1) is 19.6. The van der Waals surface area contributed by atoms with E-state index in [1.165, 1.54) is 11.8 Å². The summed E-state index contributed by atoms with van der Waals surface area (Å²) in [5.74, 6) is 1.69. The minimum atomic E-state index is -0.378. The number of amides is 2. The lowest BCUT2D eigenvalue weighted by molar-refractivity contribution is -0.134. The van der Waals surface area contributed by atoms with Crippen LogP contribution in [0, 0.1) is 0 Å². The van der Waals surface area contributed by atoms with Gasteiger partial charge in [-0.15, -0.1) is 11.8 Å². The Labute approximate surface area is 249 Å². The number of fused-ring (bicyclic) bond motifs is 1. The molecule has 1 atom stereocenters. The van der Waals surface area contributed by atoms with Crippen molar-refractivity contribution in [2.45, 2.75) is 31.4 Å². The number of ether oxygens (including phenoxy) is 3. The van der Waals surface area contributed by atoms with E-state index in [0.29, 0.717) is 54.3 Å². The van der Waals surface area contributed by atoms with Crippen LogP contribution in [-0.2, 0) is 19.7 Å². The van der Waals surface area contributed by atoms with Crippen molar-refractivity contribution in [3.8, 4) is 17.2 Å². The number of carbonyl (C=O) groups excluding carboxylic acids is 2. The van der Waals surface area contributed by atoms with Crippen LogP contribution in [0.2, 0.25) is 5.02 Å². The lowest BCUT2D eigenvalue weighted by atomic mass is 9.87. The number of thioether (sulfide) groups is 1. The van der Waals surface area contributed by atoms with Gasteiger partial charge in [-0.1, -0.05) is 44.5 Å². The van der Waals surface area contributed by atoms with E-state index in [0.717, 1.165) is 16.8 Å². The highest BCUT2D eigenvalue weighted by Gasteiger charge is 2.40. The van der Waals surface area contributed by atoms with E-state index in [1.54, 1.807) is 34.8 Å². The number of nitrogens with zero attached hydrogens (tertiary/aromatic N) is 4. The fraction of sp³-hybridized carbons (Fsp3) is 0.433. The van der Waals surface area contributed by atoms with E-state index < -0.39 is 0 Å².